The molecule has 0 aromatic carbocycles. The molecule has 0 spiro atoms. The number of hydrogen-bond acceptors (Lipinski definition) is 20. The fourth-order valence-corrected chi connectivity index (χ4v) is 14.3. The third-order valence-electron chi connectivity index (χ3n) is 19.6. The van der Waals surface area contributed by atoms with Crippen LogP contribution in [0.1, 0.15) is 388 Å². The zero-order chi connectivity index (χ0) is 82.5. The standard InChI is InChI=1S/C86H164N4O20P2.Na/c1-7-13-19-25-29-33-37-43-49-55-79(109-85(97)57-51-45-39-35-31-27-21-15-9-3)69-83(95)89-75(71-103-65-61-77(91)53-47-41-23-17-11-5)73-107-111(99,100)105-67-63-87-81(93)59-60-82(94)88-64-68-106-112(101,102)108-74-76(72-104-66-62-78(92)54-48-42-24-18-12-6)90-84(96)70-80(56-50-44-38-34-30-26-20-14-8-2)110-86(98)58-52-46-40-36-32-28-22-16-10-4;/h35-36,39-40,75-80,91-92H,7-34,37-38,41-74H2,1-6H3,(H,87,93)(H,88,94)(H,89,95)(H,90,96)(H,99,100)(H,101,102);/q;+1/p-2/b39-35-,40-36-;. The Balaban J connectivity index is 0. The maximum atomic E-state index is 13.8. The van der Waals surface area contributed by atoms with Crippen molar-refractivity contribution >= 4 is 51.2 Å². The van der Waals surface area contributed by atoms with E-state index in [1.165, 1.54) is 103 Å². The van der Waals surface area contributed by atoms with Gasteiger partial charge < -0.3 is 78.3 Å². The second kappa shape index (κ2) is 81.7. The molecule has 0 aliphatic rings. The molecule has 0 aliphatic carbocycles. The monoisotopic (exact) mass is 1660 g/mol. The van der Waals surface area contributed by atoms with Crippen LogP contribution in [0, 0.1) is 0 Å². The first kappa shape index (κ1) is 112. The van der Waals surface area contributed by atoms with Crippen molar-refractivity contribution in [1.29, 1.82) is 0 Å². The van der Waals surface area contributed by atoms with Crippen LogP contribution in [0.25, 0.3) is 0 Å². The summed E-state index contributed by atoms with van der Waals surface area (Å²) in [7, 11) is -10.1. The molecule has 24 nitrogen and oxygen atoms in total. The van der Waals surface area contributed by atoms with Gasteiger partial charge >= 0.3 is 41.5 Å². The van der Waals surface area contributed by atoms with Gasteiger partial charge in [0, 0.05) is 52.0 Å². The molecule has 0 aromatic rings. The number of phosphoric ester groups is 2. The minimum absolute atomic E-state index is 0. The average Bonchev–Trinajstić information content (AvgIpc) is 0.855. The Hall–Kier alpha value is -2.64. The van der Waals surface area contributed by atoms with Crippen molar-refractivity contribution < 1.29 is 124 Å². The fourth-order valence-electron chi connectivity index (χ4n) is 12.8. The predicted octanol–water partition coefficient (Wildman–Crippen LogP) is 15.1. The number of carbonyl (C=O) groups is 6. The molecule has 658 valence electrons. The molecule has 6 N–H and O–H groups in total. The second-order valence-electron chi connectivity index (χ2n) is 30.6. The smallest absolute Gasteiger partial charge is 0.756 e. The maximum Gasteiger partial charge on any atom is 1.00 e. The van der Waals surface area contributed by atoms with E-state index in [0.717, 1.165) is 154 Å². The third-order valence-corrected chi connectivity index (χ3v) is 21.5. The van der Waals surface area contributed by atoms with Crippen LogP contribution in [0.4, 0.5) is 0 Å². The Labute approximate surface area is 707 Å². The van der Waals surface area contributed by atoms with Crippen molar-refractivity contribution in [1.82, 2.24) is 21.3 Å². The van der Waals surface area contributed by atoms with E-state index in [2.05, 4.69) is 87.1 Å². The summed E-state index contributed by atoms with van der Waals surface area (Å²) in [5.74, 6) is -2.98. The van der Waals surface area contributed by atoms with Crippen molar-refractivity contribution in [2.24, 2.45) is 0 Å². The summed E-state index contributed by atoms with van der Waals surface area (Å²) >= 11 is 0. The first-order valence-corrected chi connectivity index (χ1v) is 47.7. The van der Waals surface area contributed by atoms with E-state index in [-0.39, 0.29) is 120 Å². The van der Waals surface area contributed by atoms with E-state index < -0.39 is 102 Å². The number of aliphatic hydroxyl groups is 2. The summed E-state index contributed by atoms with van der Waals surface area (Å²) in [4.78, 5) is 106. The summed E-state index contributed by atoms with van der Waals surface area (Å²) in [6, 6.07) is -1.98. The van der Waals surface area contributed by atoms with Gasteiger partial charge in [0.1, 0.15) is 12.2 Å². The van der Waals surface area contributed by atoms with Crippen LogP contribution in [-0.2, 0) is 74.9 Å². The van der Waals surface area contributed by atoms with Crippen LogP contribution in [-0.4, -0.2) is 148 Å². The first-order valence-electron chi connectivity index (χ1n) is 44.7. The number of ether oxygens (including phenoxy) is 4. The Morgan fingerprint density at radius 2 is 0.619 bits per heavy atom. The zero-order valence-electron chi connectivity index (χ0n) is 72.2. The van der Waals surface area contributed by atoms with Gasteiger partial charge in [-0.25, -0.2) is 0 Å². The summed E-state index contributed by atoms with van der Waals surface area (Å²) < 4.78 is 70.3. The van der Waals surface area contributed by atoms with Gasteiger partial charge in [0.05, 0.1) is 76.8 Å². The molecule has 0 heterocycles. The van der Waals surface area contributed by atoms with E-state index in [9.17, 15) is 57.9 Å². The van der Waals surface area contributed by atoms with Crippen LogP contribution < -0.4 is 60.6 Å². The molecule has 0 aliphatic heterocycles. The first-order chi connectivity index (χ1) is 54.2. The molecule has 0 fully saturated rings. The second-order valence-corrected chi connectivity index (χ2v) is 33.4. The minimum atomic E-state index is -5.04. The van der Waals surface area contributed by atoms with Gasteiger partial charge in [-0.15, -0.1) is 0 Å². The third kappa shape index (κ3) is 78.9. The van der Waals surface area contributed by atoms with Crippen LogP contribution >= 0.6 is 15.6 Å². The largest absolute Gasteiger partial charge is 1.00 e. The van der Waals surface area contributed by atoms with E-state index in [1.807, 2.05) is 0 Å². The van der Waals surface area contributed by atoms with Gasteiger partial charge in [0.2, 0.25) is 23.6 Å². The SMILES string of the molecule is CCCCCC/C=C\CCCC(=O)OC(CCCCCCCCCCC)CC(=O)NC(COCCC(O)CCCCCCC)COP(=O)([O-])OCCNC(=O)CCC(=O)NCCOP(=O)([O-])OCC(COCCC(O)CCCCCCC)NC(=O)CC(CCCCCCCCCCC)OC(=O)CCC/C=C\CCCCCC.[Na+]. The summed E-state index contributed by atoms with van der Waals surface area (Å²) in [6.07, 6.45) is 52.7. The van der Waals surface area contributed by atoms with E-state index >= 15 is 0 Å². The molecule has 0 saturated carbocycles. The number of hydrogen-bond donors (Lipinski definition) is 6. The molecule has 0 rings (SSSR count). The van der Waals surface area contributed by atoms with Crippen LogP contribution in [0.15, 0.2) is 24.3 Å². The van der Waals surface area contributed by atoms with Crippen molar-refractivity contribution in [3.63, 3.8) is 0 Å². The molecule has 8 atom stereocenters. The molecule has 0 radical (unpaired) electrons. The number of unbranched alkanes of at least 4 members (excludes halogenated alkanes) is 34. The number of allylic oxidation sites excluding steroid dienone is 4. The van der Waals surface area contributed by atoms with Gasteiger partial charge in [-0.05, 0) is 103 Å². The number of esters is 2. The number of amides is 4. The number of phosphoric acid groups is 2. The molecule has 8 unspecified atom stereocenters. The average molecular weight is 1660 g/mol. The normalized spacial score (nSPS) is 14.4. The van der Waals surface area contributed by atoms with Gasteiger partial charge in [-0.3, -0.25) is 37.9 Å². The minimum Gasteiger partial charge on any atom is -0.756 e. The Bertz CT molecular complexity index is 2260. The molecular weight excluding hydrogens is 1490 g/mol. The maximum absolute atomic E-state index is 13.8. The molecule has 113 heavy (non-hydrogen) atoms. The molecule has 0 saturated heterocycles. The summed E-state index contributed by atoms with van der Waals surface area (Å²) in [5, 5.41) is 31.8. The van der Waals surface area contributed by atoms with E-state index in [0.29, 0.717) is 51.4 Å². The van der Waals surface area contributed by atoms with Crippen molar-refractivity contribution in [2.75, 3.05) is 65.9 Å². The Kier molecular flexibility index (Phi) is 81.3. The van der Waals surface area contributed by atoms with Gasteiger partial charge in [-0.2, -0.15) is 0 Å². The molecule has 0 aromatic heterocycles. The molecule has 27 heteroatoms. The molecule has 0 bridgehead atoms. The number of carbonyl (C=O) groups excluding carboxylic acids is 6. The molecular formula is C86H162N4NaO20P2-. The van der Waals surface area contributed by atoms with Crippen LogP contribution in [0.5, 0.6) is 0 Å². The molecule has 4 amide bonds. The topological polar surface area (TPSA) is 345 Å². The number of nitrogens with one attached hydrogen (secondary N) is 4. The summed E-state index contributed by atoms with van der Waals surface area (Å²) in [6.45, 7) is 10.2. The van der Waals surface area contributed by atoms with E-state index in [4.69, 9.17) is 37.0 Å². The zero-order valence-corrected chi connectivity index (χ0v) is 76.0. The van der Waals surface area contributed by atoms with E-state index in [1.54, 1.807) is 0 Å². The van der Waals surface area contributed by atoms with Crippen molar-refractivity contribution in [3.05, 3.63) is 24.3 Å². The quantitative estimate of drug-likeness (QED) is 0.0108. The Morgan fingerprint density at radius 1 is 0.336 bits per heavy atom. The number of aliphatic hydroxyl groups excluding tert-OH is 2. The van der Waals surface area contributed by atoms with Crippen LogP contribution in [0.2, 0.25) is 0 Å². The van der Waals surface area contributed by atoms with Crippen LogP contribution in [0.3, 0.4) is 0 Å². The van der Waals surface area contributed by atoms with Crippen molar-refractivity contribution in [3.8, 4) is 0 Å². The van der Waals surface area contributed by atoms with Gasteiger partial charge in [0.25, 0.3) is 15.6 Å². The van der Waals surface area contributed by atoms with Gasteiger partial charge in [-0.1, -0.05) is 271 Å². The predicted molar refractivity (Wildman–Crippen MR) is 444 cm³/mol. The fraction of sp³-hybridized carbons (Fsp3) is 0.884. The summed E-state index contributed by atoms with van der Waals surface area (Å²) in [5.41, 5.74) is 0. The van der Waals surface area contributed by atoms with Gasteiger partial charge in [0.15, 0.2) is 0 Å². The van der Waals surface area contributed by atoms with Crippen molar-refractivity contribution in [2.45, 2.75) is 425 Å². The Morgan fingerprint density at radius 3 is 0.938 bits per heavy atom. The number of rotatable bonds is 85.